The van der Waals surface area contributed by atoms with Crippen LogP contribution in [0.1, 0.15) is 52.2 Å². The average Bonchev–Trinajstić information content (AvgIpc) is 2.51. The molecule has 0 unspecified atom stereocenters. The predicted molar refractivity (Wildman–Crippen MR) is 110 cm³/mol. The van der Waals surface area contributed by atoms with Gasteiger partial charge in [-0.3, -0.25) is 0 Å². The molecule has 0 bridgehead atoms. The maximum absolute atomic E-state index is 6.08. The SMILES string of the molecule is CC(C)(C)CC(C)(C)NCc1cc(Br)ccc1OCc1ccccc1. The van der Waals surface area contributed by atoms with Gasteiger partial charge in [0.1, 0.15) is 12.4 Å². The van der Waals surface area contributed by atoms with Gasteiger partial charge >= 0.3 is 0 Å². The van der Waals surface area contributed by atoms with Crippen LogP contribution in [0.2, 0.25) is 0 Å². The molecule has 25 heavy (non-hydrogen) atoms. The van der Waals surface area contributed by atoms with Gasteiger partial charge in [0.25, 0.3) is 0 Å². The Morgan fingerprint density at radius 3 is 2.28 bits per heavy atom. The summed E-state index contributed by atoms with van der Waals surface area (Å²) in [6, 6.07) is 16.5. The summed E-state index contributed by atoms with van der Waals surface area (Å²) in [5.41, 5.74) is 2.71. The second-order valence-electron chi connectivity index (χ2n) is 8.50. The molecule has 2 nitrogen and oxygen atoms in total. The van der Waals surface area contributed by atoms with E-state index in [1.54, 1.807) is 0 Å². The molecule has 0 aliphatic heterocycles. The summed E-state index contributed by atoms with van der Waals surface area (Å²) in [4.78, 5) is 0. The highest BCUT2D eigenvalue weighted by Gasteiger charge is 2.25. The van der Waals surface area contributed by atoms with Gasteiger partial charge < -0.3 is 10.1 Å². The molecule has 3 heteroatoms. The van der Waals surface area contributed by atoms with Crippen molar-refractivity contribution >= 4 is 15.9 Å². The summed E-state index contributed by atoms with van der Waals surface area (Å²) >= 11 is 3.58. The zero-order valence-electron chi connectivity index (χ0n) is 16.0. The second kappa shape index (κ2) is 8.37. The molecule has 0 radical (unpaired) electrons. The third-order valence-electron chi connectivity index (χ3n) is 3.99. The Morgan fingerprint density at radius 2 is 1.64 bits per heavy atom. The van der Waals surface area contributed by atoms with Gasteiger partial charge in [0.2, 0.25) is 0 Å². The molecule has 0 amide bonds. The molecule has 0 aliphatic rings. The van der Waals surface area contributed by atoms with Crippen LogP contribution in [-0.4, -0.2) is 5.54 Å². The van der Waals surface area contributed by atoms with Gasteiger partial charge in [-0.2, -0.15) is 0 Å². The van der Waals surface area contributed by atoms with E-state index in [0.29, 0.717) is 12.0 Å². The highest BCUT2D eigenvalue weighted by Crippen LogP contribution is 2.29. The van der Waals surface area contributed by atoms with Crippen molar-refractivity contribution in [3.8, 4) is 5.75 Å². The fourth-order valence-electron chi connectivity index (χ4n) is 3.29. The Balaban J connectivity index is 2.05. The normalized spacial score (nSPS) is 12.2. The summed E-state index contributed by atoms with van der Waals surface area (Å²) in [6.45, 7) is 12.7. The number of ether oxygens (including phenoxy) is 1. The van der Waals surface area contributed by atoms with Crippen molar-refractivity contribution in [1.82, 2.24) is 5.32 Å². The van der Waals surface area contributed by atoms with Crippen LogP contribution in [0.4, 0.5) is 0 Å². The van der Waals surface area contributed by atoms with Crippen molar-refractivity contribution < 1.29 is 4.74 Å². The highest BCUT2D eigenvalue weighted by molar-refractivity contribution is 9.10. The zero-order valence-corrected chi connectivity index (χ0v) is 17.6. The van der Waals surface area contributed by atoms with E-state index in [1.807, 2.05) is 30.3 Å². The molecule has 0 aromatic heterocycles. The lowest BCUT2D eigenvalue weighted by Gasteiger charge is -2.33. The molecule has 0 saturated carbocycles. The monoisotopic (exact) mass is 403 g/mol. The van der Waals surface area contributed by atoms with Crippen molar-refractivity contribution in [1.29, 1.82) is 0 Å². The standard InChI is InChI=1S/C22H30BrNO/c1-21(2,3)16-22(4,5)24-14-18-13-19(23)11-12-20(18)25-15-17-9-7-6-8-10-17/h6-13,24H,14-16H2,1-5H3. The summed E-state index contributed by atoms with van der Waals surface area (Å²) in [6.07, 6.45) is 1.11. The van der Waals surface area contributed by atoms with Crippen LogP contribution in [0.15, 0.2) is 53.0 Å². The van der Waals surface area contributed by atoms with E-state index < -0.39 is 0 Å². The fraction of sp³-hybridized carbons (Fsp3) is 0.455. The van der Waals surface area contributed by atoms with Crippen molar-refractivity contribution in [2.24, 2.45) is 5.41 Å². The maximum atomic E-state index is 6.08. The number of nitrogens with one attached hydrogen (secondary N) is 1. The van der Waals surface area contributed by atoms with Crippen molar-refractivity contribution in [2.45, 2.75) is 59.7 Å². The molecular weight excluding hydrogens is 374 g/mol. The van der Waals surface area contributed by atoms with Gasteiger partial charge in [-0.25, -0.2) is 0 Å². The van der Waals surface area contributed by atoms with Crippen molar-refractivity contribution in [3.63, 3.8) is 0 Å². The lowest BCUT2D eigenvalue weighted by molar-refractivity contribution is 0.238. The molecule has 0 atom stereocenters. The van der Waals surface area contributed by atoms with Gasteiger partial charge in [-0.15, -0.1) is 0 Å². The van der Waals surface area contributed by atoms with E-state index in [2.05, 4.69) is 74.1 Å². The number of rotatable bonds is 7. The fourth-order valence-corrected chi connectivity index (χ4v) is 3.69. The lowest BCUT2D eigenvalue weighted by Crippen LogP contribution is -2.41. The number of halogens is 1. The van der Waals surface area contributed by atoms with E-state index in [9.17, 15) is 0 Å². The van der Waals surface area contributed by atoms with Crippen LogP contribution >= 0.6 is 15.9 Å². The van der Waals surface area contributed by atoms with Gasteiger partial charge in [0.15, 0.2) is 0 Å². The Morgan fingerprint density at radius 1 is 0.960 bits per heavy atom. The highest BCUT2D eigenvalue weighted by atomic mass is 79.9. The van der Waals surface area contributed by atoms with E-state index in [1.165, 1.54) is 11.1 Å². The molecule has 1 N–H and O–H groups in total. The predicted octanol–water partition coefficient (Wildman–Crippen LogP) is 6.33. The van der Waals surface area contributed by atoms with Gasteiger partial charge in [-0.1, -0.05) is 67.0 Å². The summed E-state index contributed by atoms with van der Waals surface area (Å²) < 4.78 is 7.16. The van der Waals surface area contributed by atoms with E-state index in [0.717, 1.165) is 23.2 Å². The van der Waals surface area contributed by atoms with Crippen LogP contribution in [0, 0.1) is 5.41 Å². The Bertz CT molecular complexity index is 674. The van der Waals surface area contributed by atoms with Crippen LogP contribution in [0.3, 0.4) is 0 Å². The van der Waals surface area contributed by atoms with Crippen LogP contribution in [0.25, 0.3) is 0 Å². The lowest BCUT2D eigenvalue weighted by atomic mass is 9.82. The first kappa shape index (κ1) is 20.0. The molecule has 2 rings (SSSR count). The van der Waals surface area contributed by atoms with E-state index in [4.69, 9.17) is 4.74 Å². The van der Waals surface area contributed by atoms with Crippen molar-refractivity contribution in [2.75, 3.05) is 0 Å². The van der Waals surface area contributed by atoms with Crippen LogP contribution in [-0.2, 0) is 13.2 Å². The quantitative estimate of drug-likeness (QED) is 0.582. The van der Waals surface area contributed by atoms with Gasteiger partial charge in [0, 0.05) is 22.1 Å². The molecule has 0 heterocycles. The minimum absolute atomic E-state index is 0.0667. The largest absolute Gasteiger partial charge is 0.489 e. The number of hydrogen-bond donors (Lipinski definition) is 1. The van der Waals surface area contributed by atoms with Crippen molar-refractivity contribution in [3.05, 3.63) is 64.1 Å². The average molecular weight is 404 g/mol. The van der Waals surface area contributed by atoms with E-state index >= 15 is 0 Å². The summed E-state index contributed by atoms with van der Waals surface area (Å²) in [5.74, 6) is 0.936. The molecule has 0 saturated heterocycles. The number of benzene rings is 2. The van der Waals surface area contributed by atoms with Crippen LogP contribution in [0.5, 0.6) is 5.75 Å². The smallest absolute Gasteiger partial charge is 0.124 e. The Kier molecular flexibility index (Phi) is 6.70. The van der Waals surface area contributed by atoms with Gasteiger partial charge in [-0.05, 0) is 49.4 Å². The first-order chi connectivity index (χ1) is 11.6. The number of hydrogen-bond acceptors (Lipinski definition) is 2. The molecule has 0 aliphatic carbocycles. The van der Waals surface area contributed by atoms with E-state index in [-0.39, 0.29) is 5.54 Å². The molecule has 136 valence electrons. The third-order valence-corrected chi connectivity index (χ3v) is 4.48. The van der Waals surface area contributed by atoms with Gasteiger partial charge in [0.05, 0.1) is 0 Å². The first-order valence-electron chi connectivity index (χ1n) is 8.85. The minimum atomic E-state index is 0.0667. The molecule has 2 aromatic rings. The zero-order chi connectivity index (χ0) is 18.5. The van der Waals surface area contributed by atoms with Crippen LogP contribution < -0.4 is 10.1 Å². The Labute approximate surface area is 161 Å². The Hall–Kier alpha value is -1.32. The molecule has 0 fully saturated rings. The topological polar surface area (TPSA) is 21.3 Å². The second-order valence-corrected chi connectivity index (χ2v) is 9.42. The summed E-state index contributed by atoms with van der Waals surface area (Å²) in [5, 5.41) is 3.70. The first-order valence-corrected chi connectivity index (χ1v) is 9.64. The summed E-state index contributed by atoms with van der Waals surface area (Å²) in [7, 11) is 0. The molecule has 0 spiro atoms. The maximum Gasteiger partial charge on any atom is 0.124 e. The minimum Gasteiger partial charge on any atom is -0.489 e. The molecular formula is C22H30BrNO. The third kappa shape index (κ3) is 7.21. The molecule has 2 aromatic carbocycles.